The van der Waals surface area contributed by atoms with Crippen molar-refractivity contribution in [3.05, 3.63) is 59.7 Å². The fourth-order valence-corrected chi connectivity index (χ4v) is 1.84. The lowest BCUT2D eigenvalue weighted by Gasteiger charge is -2.18. The molecule has 24 heavy (non-hydrogen) atoms. The number of nitrogens with zero attached hydrogens (tertiary/aromatic N) is 3. The van der Waals surface area contributed by atoms with E-state index in [9.17, 15) is 15.0 Å². The van der Waals surface area contributed by atoms with Gasteiger partial charge in [0, 0.05) is 24.5 Å². The smallest absolute Gasteiger partial charge is 0.407 e. The molecule has 1 heterocycles. The number of aromatic nitrogens is 2. The quantitative estimate of drug-likeness (QED) is 0.711. The van der Waals surface area contributed by atoms with Crippen molar-refractivity contribution in [2.75, 3.05) is 6.54 Å². The Morgan fingerprint density at radius 1 is 1.25 bits per heavy atom. The molecule has 1 aromatic carbocycles. The average molecular weight is 328 g/mol. The number of hydrogen-bond acceptors (Lipinski definition) is 7. The monoisotopic (exact) mass is 328 g/mol. The molecule has 0 aliphatic rings. The Labute approximate surface area is 138 Å². The van der Waals surface area contributed by atoms with E-state index in [-0.39, 0.29) is 24.5 Å². The van der Waals surface area contributed by atoms with Crippen molar-refractivity contribution in [3.63, 3.8) is 0 Å². The second-order valence-electron chi connectivity index (χ2n) is 4.91. The Hall–Kier alpha value is -3.02. The van der Waals surface area contributed by atoms with Crippen LogP contribution < -0.4 is 5.32 Å². The van der Waals surface area contributed by atoms with Gasteiger partial charge in [0.15, 0.2) is 0 Å². The molecule has 3 N–H and O–H groups in total. The molecular weight excluding hydrogens is 312 g/mol. The molecule has 0 bridgehead atoms. The maximum absolute atomic E-state index is 11.6. The lowest BCUT2D eigenvalue weighted by molar-refractivity contribution is 0.0180. The number of benzene rings is 1. The molecule has 0 radical (unpaired) electrons. The van der Waals surface area contributed by atoms with E-state index < -0.39 is 18.3 Å². The van der Waals surface area contributed by atoms with Gasteiger partial charge in [0.1, 0.15) is 24.9 Å². The Morgan fingerprint density at radius 2 is 1.92 bits per heavy atom. The molecule has 2 atom stereocenters. The molecule has 2 unspecified atom stereocenters. The van der Waals surface area contributed by atoms with Crippen LogP contribution >= 0.6 is 0 Å². The number of carbonyl (C=O) groups is 1. The predicted molar refractivity (Wildman–Crippen MR) is 82.3 cm³/mol. The van der Waals surface area contributed by atoms with Gasteiger partial charge in [0.05, 0.1) is 0 Å². The van der Waals surface area contributed by atoms with Crippen LogP contribution in [-0.4, -0.2) is 38.9 Å². The first-order valence-electron chi connectivity index (χ1n) is 7.13. The zero-order chi connectivity index (χ0) is 17.4. The summed E-state index contributed by atoms with van der Waals surface area (Å²) in [6, 6.07) is 10.9. The Bertz CT molecular complexity index is 700. The van der Waals surface area contributed by atoms with E-state index in [1.54, 1.807) is 6.07 Å². The highest BCUT2D eigenvalue weighted by Gasteiger charge is 2.20. The van der Waals surface area contributed by atoms with Crippen molar-refractivity contribution in [1.82, 2.24) is 15.3 Å². The van der Waals surface area contributed by atoms with E-state index >= 15 is 0 Å². The fourth-order valence-electron chi connectivity index (χ4n) is 1.84. The molecule has 0 aliphatic carbocycles. The van der Waals surface area contributed by atoms with Gasteiger partial charge < -0.3 is 20.3 Å². The highest BCUT2D eigenvalue weighted by atomic mass is 16.5. The van der Waals surface area contributed by atoms with Crippen LogP contribution in [0.25, 0.3) is 0 Å². The summed E-state index contributed by atoms with van der Waals surface area (Å²) in [6.45, 7) is -0.108. The minimum absolute atomic E-state index is 0.0388. The maximum Gasteiger partial charge on any atom is 0.407 e. The standard InChI is InChI=1S/C16H16N4O4/c17-6-14-18-7-12(8-19-14)15(22)13(21)9-20-16(23)24-10-11-4-2-1-3-5-11/h1-5,7-8,13,15,21-22H,9-10H2,(H,20,23). The SMILES string of the molecule is N#Cc1ncc(C(O)C(O)CNC(=O)OCc2ccccc2)cn1. The predicted octanol–water partition coefficient (Wildman–Crippen LogP) is 0.669. The number of rotatable bonds is 6. The molecule has 0 aliphatic heterocycles. The van der Waals surface area contributed by atoms with Gasteiger partial charge in [-0.2, -0.15) is 5.26 Å². The minimum Gasteiger partial charge on any atom is -0.445 e. The van der Waals surface area contributed by atoms with Crippen LogP contribution in [0.15, 0.2) is 42.7 Å². The summed E-state index contributed by atoms with van der Waals surface area (Å²) in [4.78, 5) is 19.0. The maximum atomic E-state index is 11.6. The highest BCUT2D eigenvalue weighted by molar-refractivity contribution is 5.67. The van der Waals surface area contributed by atoms with E-state index in [1.807, 2.05) is 30.3 Å². The summed E-state index contributed by atoms with van der Waals surface area (Å²) in [5, 5.41) is 30.8. The van der Waals surface area contributed by atoms with Crippen molar-refractivity contribution >= 4 is 6.09 Å². The van der Waals surface area contributed by atoms with Gasteiger partial charge in [-0.05, 0) is 5.56 Å². The number of alkyl carbamates (subject to hydrolysis) is 1. The second-order valence-corrected chi connectivity index (χ2v) is 4.91. The first kappa shape index (κ1) is 17.3. The third-order valence-corrected chi connectivity index (χ3v) is 3.15. The van der Waals surface area contributed by atoms with Gasteiger partial charge in [0.2, 0.25) is 5.82 Å². The number of aliphatic hydroxyl groups is 2. The molecule has 124 valence electrons. The van der Waals surface area contributed by atoms with Crippen LogP contribution in [0.4, 0.5) is 4.79 Å². The third kappa shape index (κ3) is 5.01. The van der Waals surface area contributed by atoms with Crippen LogP contribution in [0.2, 0.25) is 0 Å². The van der Waals surface area contributed by atoms with E-state index in [1.165, 1.54) is 12.4 Å². The van der Waals surface area contributed by atoms with Crippen LogP contribution in [-0.2, 0) is 11.3 Å². The molecule has 2 rings (SSSR count). The van der Waals surface area contributed by atoms with Gasteiger partial charge in [0.25, 0.3) is 0 Å². The van der Waals surface area contributed by atoms with Crippen LogP contribution in [0.3, 0.4) is 0 Å². The molecule has 0 saturated carbocycles. The number of carbonyl (C=O) groups excluding carboxylic acids is 1. The van der Waals surface area contributed by atoms with Gasteiger partial charge in [-0.1, -0.05) is 30.3 Å². The summed E-state index contributed by atoms with van der Waals surface area (Å²) < 4.78 is 4.99. The second kappa shape index (κ2) is 8.57. The largest absolute Gasteiger partial charge is 0.445 e. The van der Waals surface area contributed by atoms with Crippen molar-refractivity contribution < 1.29 is 19.7 Å². The molecular formula is C16H16N4O4. The summed E-state index contributed by atoms with van der Waals surface area (Å²) >= 11 is 0. The molecule has 8 heteroatoms. The van der Waals surface area contributed by atoms with Crippen LogP contribution in [0.1, 0.15) is 23.1 Å². The lowest BCUT2D eigenvalue weighted by Crippen LogP contribution is -2.35. The first-order valence-corrected chi connectivity index (χ1v) is 7.13. The van der Waals surface area contributed by atoms with E-state index in [0.717, 1.165) is 5.56 Å². The van der Waals surface area contributed by atoms with Crippen molar-refractivity contribution in [2.24, 2.45) is 0 Å². The minimum atomic E-state index is -1.30. The Morgan fingerprint density at radius 3 is 2.54 bits per heavy atom. The molecule has 0 saturated heterocycles. The number of nitriles is 1. The molecule has 0 fully saturated rings. The van der Waals surface area contributed by atoms with Crippen molar-refractivity contribution in [1.29, 1.82) is 5.26 Å². The Balaban J connectivity index is 1.77. The highest BCUT2D eigenvalue weighted by Crippen LogP contribution is 2.14. The van der Waals surface area contributed by atoms with Gasteiger partial charge in [-0.15, -0.1) is 0 Å². The molecule has 2 aromatic rings. The number of amides is 1. The zero-order valence-corrected chi connectivity index (χ0v) is 12.7. The third-order valence-electron chi connectivity index (χ3n) is 3.15. The average Bonchev–Trinajstić information content (AvgIpc) is 2.64. The normalized spacial score (nSPS) is 12.7. The number of nitrogens with one attached hydrogen (secondary N) is 1. The van der Waals surface area contributed by atoms with Crippen molar-refractivity contribution in [3.8, 4) is 6.07 Å². The van der Waals surface area contributed by atoms with E-state index in [4.69, 9.17) is 10.00 Å². The Kier molecular flexibility index (Phi) is 6.19. The summed E-state index contributed by atoms with van der Waals surface area (Å²) in [6.07, 6.45) is -0.792. The van der Waals surface area contributed by atoms with Gasteiger partial charge >= 0.3 is 6.09 Å². The van der Waals surface area contributed by atoms with E-state index in [2.05, 4.69) is 15.3 Å². The fraction of sp³-hybridized carbons (Fsp3) is 0.250. The van der Waals surface area contributed by atoms with Crippen molar-refractivity contribution in [2.45, 2.75) is 18.8 Å². The molecule has 1 amide bonds. The topological polar surface area (TPSA) is 128 Å². The molecule has 0 spiro atoms. The van der Waals surface area contributed by atoms with Crippen LogP contribution in [0, 0.1) is 11.3 Å². The number of ether oxygens (including phenoxy) is 1. The van der Waals surface area contributed by atoms with Gasteiger partial charge in [-0.25, -0.2) is 14.8 Å². The zero-order valence-electron chi connectivity index (χ0n) is 12.7. The molecule has 8 nitrogen and oxygen atoms in total. The number of hydrogen-bond donors (Lipinski definition) is 3. The summed E-state index contributed by atoms with van der Waals surface area (Å²) in [5.74, 6) is -0.0388. The summed E-state index contributed by atoms with van der Waals surface area (Å²) in [7, 11) is 0. The van der Waals surface area contributed by atoms with Crippen LogP contribution in [0.5, 0.6) is 0 Å². The van der Waals surface area contributed by atoms with E-state index in [0.29, 0.717) is 0 Å². The lowest BCUT2D eigenvalue weighted by atomic mass is 10.1. The first-order chi connectivity index (χ1) is 11.6. The van der Waals surface area contributed by atoms with Gasteiger partial charge in [-0.3, -0.25) is 0 Å². The summed E-state index contributed by atoms with van der Waals surface area (Å²) in [5.41, 5.74) is 1.07. The molecule has 1 aromatic heterocycles. The number of aliphatic hydroxyl groups excluding tert-OH is 2.